The maximum atomic E-state index is 12.7. The van der Waals surface area contributed by atoms with E-state index < -0.39 is 29.3 Å². The average molecular weight is 462 g/mol. The Balaban J connectivity index is 1.46. The molecule has 2 aromatic carbocycles. The van der Waals surface area contributed by atoms with Crippen LogP contribution < -0.4 is 15.4 Å². The minimum atomic E-state index is -0.753. The fourth-order valence-corrected chi connectivity index (χ4v) is 3.30. The van der Waals surface area contributed by atoms with Crippen molar-refractivity contribution in [2.75, 3.05) is 19.0 Å². The Morgan fingerprint density at radius 3 is 2.74 bits per heavy atom. The van der Waals surface area contributed by atoms with E-state index in [1.807, 2.05) is 0 Å². The highest BCUT2D eigenvalue weighted by molar-refractivity contribution is 6.15. The lowest BCUT2D eigenvalue weighted by Crippen LogP contribution is -2.38. The van der Waals surface area contributed by atoms with E-state index >= 15 is 0 Å². The lowest BCUT2D eigenvalue weighted by Gasteiger charge is -2.13. The molecule has 0 saturated carbocycles. The molecule has 2 N–H and O–H groups in total. The second kappa shape index (κ2) is 9.28. The van der Waals surface area contributed by atoms with Gasteiger partial charge in [0.05, 0.1) is 17.7 Å². The Kier molecular flexibility index (Phi) is 6.08. The largest absolute Gasteiger partial charge is 0.495 e. The van der Waals surface area contributed by atoms with Crippen LogP contribution in [0, 0.1) is 10.1 Å². The van der Waals surface area contributed by atoms with Gasteiger partial charge in [-0.25, -0.2) is 9.69 Å². The highest BCUT2D eigenvalue weighted by atomic mass is 16.6. The van der Waals surface area contributed by atoms with Crippen molar-refractivity contribution in [3.05, 3.63) is 82.2 Å². The summed E-state index contributed by atoms with van der Waals surface area (Å²) in [5.74, 6) is -0.259. The number of furan rings is 1. The van der Waals surface area contributed by atoms with E-state index in [9.17, 15) is 24.5 Å². The van der Waals surface area contributed by atoms with Crippen molar-refractivity contribution in [1.29, 1.82) is 0 Å². The first-order valence-electron chi connectivity index (χ1n) is 9.98. The number of nitrogens with zero attached hydrogens (tertiary/aromatic N) is 2. The number of urea groups is 1. The fourth-order valence-electron chi connectivity index (χ4n) is 3.30. The van der Waals surface area contributed by atoms with Gasteiger partial charge in [-0.05, 0) is 24.3 Å². The number of non-ortho nitro benzene ring substituents is 1. The summed E-state index contributed by atoms with van der Waals surface area (Å²) in [6.07, 6.45) is 1.32. The molecule has 1 aliphatic rings. The van der Waals surface area contributed by atoms with Crippen LogP contribution in [0.15, 0.2) is 70.8 Å². The summed E-state index contributed by atoms with van der Waals surface area (Å²) in [5.41, 5.74) is 0.724. The summed E-state index contributed by atoms with van der Waals surface area (Å²) in [6, 6.07) is 15.0. The zero-order valence-corrected chi connectivity index (χ0v) is 17.8. The minimum absolute atomic E-state index is 0.0740. The number of hydrogen-bond acceptors (Lipinski definition) is 7. The molecule has 0 aliphatic carbocycles. The lowest BCUT2D eigenvalue weighted by molar-refractivity contribution is -0.384. The van der Waals surface area contributed by atoms with E-state index in [1.54, 1.807) is 42.5 Å². The molecule has 0 bridgehead atoms. The first-order chi connectivity index (χ1) is 16.4. The van der Waals surface area contributed by atoms with E-state index in [4.69, 9.17) is 9.15 Å². The van der Waals surface area contributed by atoms with Crippen molar-refractivity contribution >= 4 is 35.3 Å². The molecule has 0 spiro atoms. The number of methoxy groups -OCH3 is 1. The van der Waals surface area contributed by atoms with E-state index in [-0.39, 0.29) is 17.1 Å². The molecular weight excluding hydrogens is 444 g/mol. The van der Waals surface area contributed by atoms with Crippen molar-refractivity contribution in [3.63, 3.8) is 0 Å². The molecule has 2 heterocycles. The number of carbonyl (C=O) groups excluding carboxylic acids is 3. The molecule has 3 aromatic rings. The van der Waals surface area contributed by atoms with Crippen LogP contribution in [-0.2, 0) is 9.59 Å². The number of hydrogen-bond donors (Lipinski definition) is 2. The van der Waals surface area contributed by atoms with Crippen molar-refractivity contribution in [3.8, 4) is 17.1 Å². The van der Waals surface area contributed by atoms with Crippen molar-refractivity contribution < 1.29 is 28.5 Å². The van der Waals surface area contributed by atoms with E-state index in [2.05, 4.69) is 10.6 Å². The number of benzene rings is 2. The number of ether oxygens (including phenoxy) is 1. The third-order valence-electron chi connectivity index (χ3n) is 4.90. The quantitative estimate of drug-likeness (QED) is 0.237. The SMILES string of the molecule is COc1ccccc1NC(=O)CN1C(=O)N/C(=C/c2ccc(-c3cccc([N+](=O)[O-])c3)o2)C1=O. The van der Waals surface area contributed by atoms with Gasteiger partial charge in [0, 0.05) is 23.8 Å². The lowest BCUT2D eigenvalue weighted by atomic mass is 10.1. The maximum Gasteiger partial charge on any atom is 0.329 e. The molecule has 4 amide bonds. The van der Waals surface area contributed by atoms with Gasteiger partial charge in [0.15, 0.2) is 0 Å². The minimum Gasteiger partial charge on any atom is -0.495 e. The van der Waals surface area contributed by atoms with E-state index in [0.29, 0.717) is 22.8 Å². The topological polar surface area (TPSA) is 144 Å². The van der Waals surface area contributed by atoms with Gasteiger partial charge in [-0.3, -0.25) is 19.7 Å². The Morgan fingerprint density at radius 2 is 1.97 bits per heavy atom. The molecule has 4 rings (SSSR count). The Bertz CT molecular complexity index is 1330. The van der Waals surface area contributed by atoms with Gasteiger partial charge in [0.2, 0.25) is 5.91 Å². The van der Waals surface area contributed by atoms with Gasteiger partial charge in [-0.1, -0.05) is 24.3 Å². The van der Waals surface area contributed by atoms with Crippen LogP contribution in [0.5, 0.6) is 5.75 Å². The third-order valence-corrected chi connectivity index (χ3v) is 4.90. The molecule has 0 radical (unpaired) electrons. The summed E-state index contributed by atoms with van der Waals surface area (Å²) in [6.45, 7) is -0.503. The molecule has 0 atom stereocenters. The molecule has 0 unspecified atom stereocenters. The van der Waals surface area contributed by atoms with Crippen LogP contribution in [0.2, 0.25) is 0 Å². The predicted molar refractivity (Wildman–Crippen MR) is 121 cm³/mol. The number of rotatable bonds is 7. The number of nitro groups is 1. The van der Waals surface area contributed by atoms with Gasteiger partial charge in [0.25, 0.3) is 11.6 Å². The van der Waals surface area contributed by atoms with E-state index in [0.717, 1.165) is 4.90 Å². The normalized spacial score (nSPS) is 14.3. The Hall–Kier alpha value is -4.93. The van der Waals surface area contributed by atoms with Gasteiger partial charge in [-0.15, -0.1) is 0 Å². The summed E-state index contributed by atoms with van der Waals surface area (Å²) < 4.78 is 10.8. The molecule has 1 aliphatic heterocycles. The molecule has 34 heavy (non-hydrogen) atoms. The van der Waals surface area contributed by atoms with Crippen LogP contribution >= 0.6 is 0 Å². The molecule has 1 fully saturated rings. The van der Waals surface area contributed by atoms with Crippen LogP contribution in [-0.4, -0.2) is 41.3 Å². The highest BCUT2D eigenvalue weighted by Crippen LogP contribution is 2.27. The highest BCUT2D eigenvalue weighted by Gasteiger charge is 2.35. The zero-order valence-electron chi connectivity index (χ0n) is 17.8. The van der Waals surface area contributed by atoms with Crippen LogP contribution in [0.4, 0.5) is 16.2 Å². The fraction of sp³-hybridized carbons (Fsp3) is 0.0870. The summed E-state index contributed by atoms with van der Waals surface area (Å²) in [4.78, 5) is 48.6. The number of anilines is 1. The molecule has 11 heteroatoms. The molecule has 1 saturated heterocycles. The van der Waals surface area contributed by atoms with Gasteiger partial charge in [-0.2, -0.15) is 0 Å². The number of nitrogens with one attached hydrogen (secondary N) is 2. The van der Waals surface area contributed by atoms with Gasteiger partial charge < -0.3 is 19.8 Å². The van der Waals surface area contributed by atoms with Gasteiger partial charge in [0.1, 0.15) is 29.5 Å². The Morgan fingerprint density at radius 1 is 1.18 bits per heavy atom. The second-order valence-corrected chi connectivity index (χ2v) is 7.14. The number of para-hydroxylation sites is 2. The first-order valence-corrected chi connectivity index (χ1v) is 9.98. The number of amides is 4. The molecule has 11 nitrogen and oxygen atoms in total. The van der Waals surface area contributed by atoms with Crippen LogP contribution in [0.25, 0.3) is 17.4 Å². The molecule has 172 valence electrons. The van der Waals surface area contributed by atoms with Crippen molar-refractivity contribution in [2.45, 2.75) is 0 Å². The predicted octanol–water partition coefficient (Wildman–Crippen LogP) is 3.39. The Labute approximate surface area is 192 Å². The third kappa shape index (κ3) is 4.63. The maximum absolute atomic E-state index is 12.7. The molecular formula is C23H18N4O7. The molecule has 1 aromatic heterocycles. The zero-order chi connectivity index (χ0) is 24.2. The standard InChI is InChI=1S/C23H18N4O7/c1-33-20-8-3-2-7-17(20)24-21(28)13-26-22(29)18(25-23(26)30)12-16-9-10-19(34-16)14-5-4-6-15(11-14)27(31)32/h2-12H,13H2,1H3,(H,24,28)(H,25,30)/b18-12+. The summed E-state index contributed by atoms with van der Waals surface area (Å²) in [5, 5.41) is 16.0. The van der Waals surface area contributed by atoms with Crippen LogP contribution in [0.1, 0.15) is 5.76 Å². The second-order valence-electron chi connectivity index (χ2n) is 7.14. The monoisotopic (exact) mass is 462 g/mol. The summed E-state index contributed by atoms with van der Waals surface area (Å²) >= 11 is 0. The smallest absolute Gasteiger partial charge is 0.329 e. The van der Waals surface area contributed by atoms with Crippen molar-refractivity contribution in [2.24, 2.45) is 0 Å². The number of imide groups is 1. The number of nitro benzene ring substituents is 1. The van der Waals surface area contributed by atoms with E-state index in [1.165, 1.54) is 31.4 Å². The van der Waals surface area contributed by atoms with Gasteiger partial charge >= 0.3 is 6.03 Å². The van der Waals surface area contributed by atoms with Crippen molar-refractivity contribution in [1.82, 2.24) is 10.2 Å². The van der Waals surface area contributed by atoms with Crippen LogP contribution in [0.3, 0.4) is 0 Å². The first kappa shape index (κ1) is 22.3. The summed E-state index contributed by atoms with van der Waals surface area (Å²) in [7, 11) is 1.46. The number of carbonyl (C=O) groups is 3. The average Bonchev–Trinajstić information content (AvgIpc) is 3.40.